The van der Waals surface area contributed by atoms with E-state index in [-0.39, 0.29) is 5.91 Å². The number of aryl methyl sites for hydroxylation is 2. The number of pyridine rings is 1. The van der Waals surface area contributed by atoms with Crippen molar-refractivity contribution in [2.24, 2.45) is 0 Å². The van der Waals surface area contributed by atoms with Crippen LogP contribution in [0.3, 0.4) is 0 Å². The zero-order valence-electron chi connectivity index (χ0n) is 21.6. The number of aromatic nitrogens is 3. The summed E-state index contributed by atoms with van der Waals surface area (Å²) in [5, 5.41) is 0. The molecule has 0 spiro atoms. The summed E-state index contributed by atoms with van der Waals surface area (Å²) in [6.07, 6.45) is 6.22. The molecular formula is C30H34N6O. The Kier molecular flexibility index (Phi) is 6.07. The van der Waals surface area contributed by atoms with Crippen LogP contribution in [0.4, 0.5) is 11.5 Å². The number of likely N-dealkylation sites (tertiary alicyclic amines) is 1. The Hall–Kier alpha value is -3.87. The number of carbonyl (C=O) groups excluding carboxylic acids is 1. The number of H-pyrrole nitrogens is 1. The largest absolute Gasteiger partial charge is 0.399 e. The fraction of sp³-hybridized carbons (Fsp3) is 0.367. The van der Waals surface area contributed by atoms with Gasteiger partial charge in [-0.3, -0.25) is 4.79 Å². The second-order valence-corrected chi connectivity index (χ2v) is 10.6. The highest BCUT2D eigenvalue weighted by atomic mass is 16.2. The predicted octanol–water partition coefficient (Wildman–Crippen LogP) is 5.44. The van der Waals surface area contributed by atoms with Gasteiger partial charge in [0.25, 0.3) is 5.91 Å². The van der Waals surface area contributed by atoms with Crippen LogP contribution in [0.2, 0.25) is 0 Å². The van der Waals surface area contributed by atoms with Gasteiger partial charge in [0.15, 0.2) is 0 Å². The van der Waals surface area contributed by atoms with Gasteiger partial charge in [-0.1, -0.05) is 18.2 Å². The van der Waals surface area contributed by atoms with Crippen LogP contribution in [0.15, 0.2) is 48.7 Å². The number of fused-ring (bicyclic) bond motifs is 1. The first-order valence-corrected chi connectivity index (χ1v) is 13.3. The number of carbonyl (C=O) groups is 1. The number of hydrogen-bond acceptors (Lipinski definition) is 5. The zero-order valence-corrected chi connectivity index (χ0v) is 21.6. The first kappa shape index (κ1) is 23.5. The normalized spacial score (nSPS) is 16.6. The SMILES string of the molecule is Cc1cc(C)c(-c2nc3cc(N4CCCC4)ncc3[nH]2)cc1C(=O)N1CCC(c2ccc(N)cc2)CC1. The van der Waals surface area contributed by atoms with Gasteiger partial charge >= 0.3 is 0 Å². The third-order valence-electron chi connectivity index (χ3n) is 8.03. The standard InChI is InChI=1S/C30H34N6O/c1-19-15-20(2)25(30(37)36-13-9-22(10-14-36)21-5-7-23(31)8-6-21)16-24(19)29-33-26-17-28(32-18-27(26)34-29)35-11-3-4-12-35/h5-8,15-18,22H,3-4,9-14,31H2,1-2H3,(H,33,34). The van der Waals surface area contributed by atoms with Crippen molar-refractivity contribution in [1.82, 2.24) is 19.9 Å². The third-order valence-corrected chi connectivity index (χ3v) is 8.03. The molecule has 7 nitrogen and oxygen atoms in total. The molecule has 0 bridgehead atoms. The van der Waals surface area contributed by atoms with Crippen molar-refractivity contribution in [3.63, 3.8) is 0 Å². The summed E-state index contributed by atoms with van der Waals surface area (Å²) in [5.41, 5.74) is 13.6. The summed E-state index contributed by atoms with van der Waals surface area (Å²) in [5.74, 6) is 2.34. The van der Waals surface area contributed by atoms with Crippen molar-refractivity contribution in [1.29, 1.82) is 0 Å². The monoisotopic (exact) mass is 494 g/mol. The fourth-order valence-electron chi connectivity index (χ4n) is 5.84. The number of nitrogens with two attached hydrogens (primary N) is 1. The molecule has 2 aliphatic rings. The minimum Gasteiger partial charge on any atom is -0.399 e. The summed E-state index contributed by atoms with van der Waals surface area (Å²) in [6.45, 7) is 7.72. The van der Waals surface area contributed by atoms with Gasteiger partial charge in [0.1, 0.15) is 11.6 Å². The highest BCUT2D eigenvalue weighted by Gasteiger charge is 2.26. The predicted molar refractivity (Wildman–Crippen MR) is 149 cm³/mol. The lowest BCUT2D eigenvalue weighted by Gasteiger charge is -2.33. The Bertz CT molecular complexity index is 1440. The Balaban J connectivity index is 1.23. The van der Waals surface area contributed by atoms with E-state index in [0.29, 0.717) is 5.92 Å². The van der Waals surface area contributed by atoms with E-state index in [1.807, 2.05) is 36.2 Å². The average Bonchev–Trinajstić information content (AvgIpc) is 3.59. The second-order valence-electron chi connectivity index (χ2n) is 10.6. The number of nitrogens with zero attached hydrogens (tertiary/aromatic N) is 4. The van der Waals surface area contributed by atoms with Gasteiger partial charge in [-0.15, -0.1) is 0 Å². The summed E-state index contributed by atoms with van der Waals surface area (Å²) < 4.78 is 0. The molecule has 190 valence electrons. The Morgan fingerprint density at radius 3 is 2.43 bits per heavy atom. The lowest BCUT2D eigenvalue weighted by molar-refractivity contribution is 0.0712. The number of anilines is 2. The number of hydrogen-bond donors (Lipinski definition) is 2. The Morgan fingerprint density at radius 1 is 0.973 bits per heavy atom. The summed E-state index contributed by atoms with van der Waals surface area (Å²) in [7, 11) is 0. The second kappa shape index (κ2) is 9.54. The van der Waals surface area contributed by atoms with E-state index in [2.05, 4.69) is 46.1 Å². The topological polar surface area (TPSA) is 91.1 Å². The van der Waals surface area contributed by atoms with Gasteiger partial charge in [-0.25, -0.2) is 9.97 Å². The number of imidazole rings is 1. The minimum atomic E-state index is 0.101. The van der Waals surface area contributed by atoms with Crippen molar-refractivity contribution in [2.45, 2.75) is 45.4 Å². The van der Waals surface area contributed by atoms with Gasteiger partial charge < -0.3 is 20.5 Å². The fourth-order valence-corrected chi connectivity index (χ4v) is 5.84. The molecule has 2 aliphatic heterocycles. The molecule has 1 amide bonds. The van der Waals surface area contributed by atoms with Crippen LogP contribution in [0, 0.1) is 13.8 Å². The van der Waals surface area contributed by atoms with Crippen molar-refractivity contribution >= 4 is 28.4 Å². The van der Waals surface area contributed by atoms with Crippen molar-refractivity contribution < 1.29 is 4.79 Å². The number of nitrogens with one attached hydrogen (secondary N) is 1. The summed E-state index contributed by atoms with van der Waals surface area (Å²) in [6, 6.07) is 14.4. The quantitative estimate of drug-likeness (QED) is 0.369. The summed E-state index contributed by atoms with van der Waals surface area (Å²) in [4.78, 5) is 31.0. The number of aromatic amines is 1. The number of benzene rings is 2. The van der Waals surface area contributed by atoms with E-state index in [9.17, 15) is 4.79 Å². The summed E-state index contributed by atoms with van der Waals surface area (Å²) >= 11 is 0. The van der Waals surface area contributed by atoms with Crippen molar-refractivity contribution in [3.05, 3.63) is 70.9 Å². The molecule has 37 heavy (non-hydrogen) atoms. The van der Waals surface area contributed by atoms with Crippen molar-refractivity contribution in [3.8, 4) is 11.4 Å². The molecule has 2 aromatic carbocycles. The van der Waals surface area contributed by atoms with Gasteiger partial charge in [-0.05, 0) is 80.3 Å². The highest BCUT2D eigenvalue weighted by Crippen LogP contribution is 2.32. The maximum absolute atomic E-state index is 13.6. The maximum atomic E-state index is 13.6. The highest BCUT2D eigenvalue weighted by molar-refractivity contribution is 5.97. The van der Waals surface area contributed by atoms with Crippen LogP contribution in [0.1, 0.15) is 58.6 Å². The van der Waals surface area contributed by atoms with E-state index in [4.69, 9.17) is 10.7 Å². The van der Waals surface area contributed by atoms with Crippen LogP contribution in [0.5, 0.6) is 0 Å². The van der Waals surface area contributed by atoms with Crippen LogP contribution in [-0.2, 0) is 0 Å². The molecule has 7 heteroatoms. The first-order valence-electron chi connectivity index (χ1n) is 13.3. The Morgan fingerprint density at radius 2 is 1.70 bits per heavy atom. The molecule has 2 fully saturated rings. The van der Waals surface area contributed by atoms with Crippen LogP contribution < -0.4 is 10.6 Å². The molecule has 0 radical (unpaired) electrons. The molecule has 0 atom stereocenters. The minimum absolute atomic E-state index is 0.101. The zero-order chi connectivity index (χ0) is 25.5. The van der Waals surface area contributed by atoms with E-state index in [1.54, 1.807) is 0 Å². The molecule has 4 aromatic rings. The van der Waals surface area contributed by atoms with E-state index >= 15 is 0 Å². The molecule has 4 heterocycles. The number of amides is 1. The maximum Gasteiger partial charge on any atom is 0.254 e. The first-order chi connectivity index (χ1) is 18.0. The van der Waals surface area contributed by atoms with Crippen LogP contribution in [-0.4, -0.2) is 51.9 Å². The van der Waals surface area contributed by atoms with E-state index in [1.165, 1.54) is 18.4 Å². The van der Waals surface area contributed by atoms with E-state index in [0.717, 1.165) is 89.6 Å². The van der Waals surface area contributed by atoms with Gasteiger partial charge in [0.2, 0.25) is 0 Å². The number of rotatable bonds is 4. The molecule has 3 N–H and O–H groups in total. The smallest absolute Gasteiger partial charge is 0.254 e. The number of nitrogen functional groups attached to an aromatic ring is 1. The average molecular weight is 495 g/mol. The molecule has 0 aliphatic carbocycles. The van der Waals surface area contributed by atoms with Gasteiger partial charge in [-0.2, -0.15) is 0 Å². The lowest BCUT2D eigenvalue weighted by atomic mass is 9.89. The molecule has 2 aromatic heterocycles. The molecule has 2 saturated heterocycles. The lowest BCUT2D eigenvalue weighted by Crippen LogP contribution is -2.38. The molecule has 0 unspecified atom stereocenters. The third kappa shape index (κ3) is 4.54. The molecular weight excluding hydrogens is 460 g/mol. The number of piperidine rings is 1. The molecule has 6 rings (SSSR count). The van der Waals surface area contributed by atoms with Gasteiger partial charge in [0, 0.05) is 49.1 Å². The molecule has 0 saturated carbocycles. The van der Waals surface area contributed by atoms with Gasteiger partial charge in [0.05, 0.1) is 17.2 Å². The van der Waals surface area contributed by atoms with Crippen LogP contribution >= 0.6 is 0 Å². The van der Waals surface area contributed by atoms with E-state index < -0.39 is 0 Å². The van der Waals surface area contributed by atoms with Crippen molar-refractivity contribution in [2.75, 3.05) is 36.8 Å². The Labute approximate surface area is 217 Å². The van der Waals surface area contributed by atoms with Crippen LogP contribution in [0.25, 0.3) is 22.4 Å².